The minimum atomic E-state index is -0.504. The van der Waals surface area contributed by atoms with Gasteiger partial charge in [-0.2, -0.15) is 0 Å². The lowest BCUT2D eigenvalue weighted by Gasteiger charge is -2.28. The summed E-state index contributed by atoms with van der Waals surface area (Å²) in [4.78, 5) is 43.9. The van der Waals surface area contributed by atoms with Gasteiger partial charge >= 0.3 is 0 Å². The molecule has 1 aliphatic heterocycles. The Balaban J connectivity index is 1.37. The SMILES string of the molecule is NC1CCC(NC(=O)c2ccc(N3CCCN(C(=O)c4cccs4)CC3)c(NC(=O)c3cccc(F)c3)c2)CC1. The first-order valence-corrected chi connectivity index (χ1v) is 14.6. The molecule has 3 aromatic rings. The van der Waals surface area contributed by atoms with Crippen LogP contribution in [0.15, 0.2) is 60.0 Å². The lowest BCUT2D eigenvalue weighted by molar-refractivity contribution is 0.0771. The molecule has 2 aromatic carbocycles. The van der Waals surface area contributed by atoms with E-state index in [4.69, 9.17) is 5.73 Å². The first kappa shape index (κ1) is 27.8. The van der Waals surface area contributed by atoms with E-state index < -0.39 is 11.7 Å². The van der Waals surface area contributed by atoms with E-state index in [0.717, 1.165) is 37.8 Å². The van der Waals surface area contributed by atoms with Gasteiger partial charge in [-0.1, -0.05) is 12.1 Å². The van der Waals surface area contributed by atoms with Crippen molar-refractivity contribution in [3.05, 3.63) is 81.8 Å². The molecule has 1 saturated heterocycles. The number of amides is 3. The van der Waals surface area contributed by atoms with E-state index in [1.165, 1.54) is 29.5 Å². The van der Waals surface area contributed by atoms with Crippen LogP contribution in [0.25, 0.3) is 0 Å². The lowest BCUT2D eigenvalue weighted by atomic mass is 9.91. The van der Waals surface area contributed by atoms with E-state index in [1.807, 2.05) is 28.5 Å². The summed E-state index contributed by atoms with van der Waals surface area (Å²) in [6.07, 6.45) is 4.17. The summed E-state index contributed by atoms with van der Waals surface area (Å²) < 4.78 is 13.8. The second-order valence-corrected chi connectivity index (χ2v) is 11.3. The van der Waals surface area contributed by atoms with Gasteiger partial charge in [-0.05, 0) is 79.9 Å². The zero-order valence-corrected chi connectivity index (χ0v) is 23.1. The van der Waals surface area contributed by atoms with Gasteiger partial charge in [-0.25, -0.2) is 4.39 Å². The van der Waals surface area contributed by atoms with Crippen molar-refractivity contribution in [2.45, 2.75) is 44.2 Å². The van der Waals surface area contributed by atoms with Gasteiger partial charge in [0.1, 0.15) is 5.82 Å². The van der Waals surface area contributed by atoms with E-state index in [1.54, 1.807) is 18.2 Å². The summed E-state index contributed by atoms with van der Waals surface area (Å²) >= 11 is 1.43. The number of hydrogen-bond acceptors (Lipinski definition) is 6. The molecule has 2 aliphatic rings. The van der Waals surface area contributed by atoms with Crippen LogP contribution in [0.4, 0.5) is 15.8 Å². The summed E-state index contributed by atoms with van der Waals surface area (Å²) in [7, 11) is 0. The third-order valence-electron chi connectivity index (χ3n) is 7.56. The first-order chi connectivity index (χ1) is 19.4. The highest BCUT2D eigenvalue weighted by atomic mass is 32.1. The Bertz CT molecular complexity index is 1360. The Hall–Kier alpha value is -3.76. The smallest absolute Gasteiger partial charge is 0.263 e. The van der Waals surface area contributed by atoms with Crippen LogP contribution in [0.5, 0.6) is 0 Å². The van der Waals surface area contributed by atoms with E-state index in [9.17, 15) is 18.8 Å². The number of carbonyl (C=O) groups is 3. The lowest BCUT2D eigenvalue weighted by Crippen LogP contribution is -2.40. The molecule has 10 heteroatoms. The van der Waals surface area contributed by atoms with E-state index in [0.29, 0.717) is 42.3 Å². The highest BCUT2D eigenvalue weighted by molar-refractivity contribution is 7.12. The highest BCUT2D eigenvalue weighted by Gasteiger charge is 2.25. The third kappa shape index (κ3) is 6.68. The average molecular weight is 564 g/mol. The Morgan fingerprint density at radius 3 is 2.42 bits per heavy atom. The molecule has 0 spiro atoms. The maximum absolute atomic E-state index is 13.8. The fourth-order valence-corrected chi connectivity index (χ4v) is 6.02. The van der Waals surface area contributed by atoms with Crippen molar-refractivity contribution in [1.29, 1.82) is 0 Å². The van der Waals surface area contributed by atoms with Crippen LogP contribution in [0.2, 0.25) is 0 Å². The highest BCUT2D eigenvalue weighted by Crippen LogP contribution is 2.30. The quantitative estimate of drug-likeness (QED) is 0.410. The van der Waals surface area contributed by atoms with Crippen LogP contribution in [-0.2, 0) is 0 Å². The van der Waals surface area contributed by atoms with Crippen molar-refractivity contribution < 1.29 is 18.8 Å². The van der Waals surface area contributed by atoms with Crippen molar-refractivity contribution in [2.24, 2.45) is 5.73 Å². The maximum atomic E-state index is 13.8. The zero-order valence-electron chi connectivity index (χ0n) is 22.3. The number of thiophene rings is 1. The van der Waals surface area contributed by atoms with Crippen LogP contribution in [0, 0.1) is 5.82 Å². The summed E-state index contributed by atoms with van der Waals surface area (Å²) in [5.74, 6) is -1.16. The molecule has 1 aliphatic carbocycles. The molecule has 0 unspecified atom stereocenters. The van der Waals surface area contributed by atoms with Crippen LogP contribution < -0.4 is 21.3 Å². The number of anilines is 2. The molecule has 40 heavy (non-hydrogen) atoms. The molecule has 1 saturated carbocycles. The molecular formula is C30H34FN5O3S. The topological polar surface area (TPSA) is 108 Å². The Morgan fingerprint density at radius 2 is 1.68 bits per heavy atom. The average Bonchev–Trinajstić information content (AvgIpc) is 3.39. The number of nitrogens with one attached hydrogen (secondary N) is 2. The Kier molecular flexibility index (Phi) is 8.76. The fraction of sp³-hybridized carbons (Fsp3) is 0.367. The Labute approximate surface area is 237 Å². The maximum Gasteiger partial charge on any atom is 0.263 e. The van der Waals surface area contributed by atoms with Gasteiger partial charge in [0.25, 0.3) is 17.7 Å². The molecule has 5 rings (SSSR count). The molecule has 2 heterocycles. The summed E-state index contributed by atoms with van der Waals surface area (Å²) in [5, 5.41) is 7.91. The summed E-state index contributed by atoms with van der Waals surface area (Å²) in [6.45, 7) is 2.39. The molecule has 0 bridgehead atoms. The predicted molar refractivity (Wildman–Crippen MR) is 156 cm³/mol. The summed E-state index contributed by atoms with van der Waals surface area (Å²) in [6, 6.07) is 14.7. The molecule has 1 aromatic heterocycles. The first-order valence-electron chi connectivity index (χ1n) is 13.7. The number of benzene rings is 2. The van der Waals surface area contributed by atoms with Crippen molar-refractivity contribution >= 4 is 40.4 Å². The monoisotopic (exact) mass is 563 g/mol. The molecule has 0 atom stereocenters. The van der Waals surface area contributed by atoms with Gasteiger partial charge in [0, 0.05) is 49.4 Å². The molecule has 2 fully saturated rings. The van der Waals surface area contributed by atoms with E-state index in [2.05, 4.69) is 15.5 Å². The molecule has 0 radical (unpaired) electrons. The largest absolute Gasteiger partial charge is 0.368 e. The second-order valence-electron chi connectivity index (χ2n) is 10.4. The minimum absolute atomic E-state index is 0.0205. The van der Waals surface area contributed by atoms with Gasteiger partial charge in [-0.15, -0.1) is 11.3 Å². The second kappa shape index (κ2) is 12.6. The number of rotatable bonds is 6. The standard InChI is InChI=1S/C30H34FN5O3S/c31-22-5-1-4-20(18-22)29(38)34-25-19-21(28(37)33-24-10-8-23(32)9-11-24)7-12-26(25)35-13-3-14-36(16-15-35)30(39)27-6-2-17-40-27/h1-2,4-7,12,17-19,23-24H,3,8-11,13-16,32H2,(H,33,37)(H,34,38). The van der Waals surface area contributed by atoms with Crippen LogP contribution in [-0.4, -0.2) is 60.9 Å². The Morgan fingerprint density at radius 1 is 0.875 bits per heavy atom. The number of carbonyl (C=O) groups excluding carboxylic acids is 3. The van der Waals surface area contributed by atoms with Gasteiger partial charge in [0.05, 0.1) is 16.3 Å². The van der Waals surface area contributed by atoms with Crippen LogP contribution in [0.3, 0.4) is 0 Å². The fourth-order valence-electron chi connectivity index (χ4n) is 5.33. The molecule has 210 valence electrons. The third-order valence-corrected chi connectivity index (χ3v) is 8.41. The van der Waals surface area contributed by atoms with Crippen molar-refractivity contribution in [1.82, 2.24) is 10.2 Å². The van der Waals surface area contributed by atoms with Crippen molar-refractivity contribution in [3.8, 4) is 0 Å². The number of nitrogens with two attached hydrogens (primary N) is 1. The van der Waals surface area contributed by atoms with Gasteiger partial charge < -0.3 is 26.2 Å². The van der Waals surface area contributed by atoms with Crippen LogP contribution >= 0.6 is 11.3 Å². The summed E-state index contributed by atoms with van der Waals surface area (Å²) in [5.41, 5.74) is 7.83. The molecule has 8 nitrogen and oxygen atoms in total. The molecule has 4 N–H and O–H groups in total. The van der Waals surface area contributed by atoms with Gasteiger partial charge in [0.15, 0.2) is 0 Å². The number of halogens is 1. The minimum Gasteiger partial charge on any atom is -0.368 e. The normalized spacial score (nSPS) is 19.6. The molecule has 3 amide bonds. The van der Waals surface area contributed by atoms with Crippen LogP contribution in [0.1, 0.15) is 62.5 Å². The van der Waals surface area contributed by atoms with Crippen molar-refractivity contribution in [2.75, 3.05) is 36.4 Å². The van der Waals surface area contributed by atoms with E-state index in [-0.39, 0.29) is 29.5 Å². The number of hydrogen-bond donors (Lipinski definition) is 3. The number of nitrogens with zero attached hydrogens (tertiary/aromatic N) is 2. The van der Waals surface area contributed by atoms with Gasteiger partial charge in [0.2, 0.25) is 0 Å². The van der Waals surface area contributed by atoms with E-state index >= 15 is 0 Å². The van der Waals surface area contributed by atoms with Crippen molar-refractivity contribution in [3.63, 3.8) is 0 Å². The zero-order chi connectivity index (χ0) is 28.1. The predicted octanol–water partition coefficient (Wildman–Crippen LogP) is 4.49. The van der Waals surface area contributed by atoms with Gasteiger partial charge in [-0.3, -0.25) is 14.4 Å². The molecular weight excluding hydrogens is 529 g/mol.